The van der Waals surface area contributed by atoms with E-state index >= 15 is 0 Å². The van der Waals surface area contributed by atoms with Crippen LogP contribution in [0.5, 0.6) is 0 Å². The third kappa shape index (κ3) is 3.48. The van der Waals surface area contributed by atoms with E-state index in [0.717, 1.165) is 36.9 Å². The van der Waals surface area contributed by atoms with Crippen molar-refractivity contribution in [1.29, 1.82) is 0 Å². The van der Waals surface area contributed by atoms with E-state index in [1.807, 2.05) is 4.68 Å². The Morgan fingerprint density at radius 2 is 1.96 bits per heavy atom. The number of fused-ring (bicyclic) bond motifs is 1. The van der Waals surface area contributed by atoms with Crippen LogP contribution < -0.4 is 5.32 Å². The van der Waals surface area contributed by atoms with Gasteiger partial charge in [-0.2, -0.15) is 5.10 Å². The highest BCUT2D eigenvalue weighted by atomic mass is 16.5. The Hall–Kier alpha value is -1.93. The van der Waals surface area contributed by atoms with E-state index in [0.29, 0.717) is 58.3 Å². The summed E-state index contributed by atoms with van der Waals surface area (Å²) < 4.78 is 12.8. The number of morpholine rings is 1. The lowest BCUT2D eigenvalue weighted by Crippen LogP contribution is -2.41. The van der Waals surface area contributed by atoms with Gasteiger partial charge in [0.05, 0.1) is 33.0 Å². The van der Waals surface area contributed by atoms with Gasteiger partial charge in [0.25, 0.3) is 5.91 Å². The number of aromatic nitrogens is 2. The van der Waals surface area contributed by atoms with Crippen LogP contribution in [-0.2, 0) is 33.8 Å². The zero-order valence-corrected chi connectivity index (χ0v) is 15.0. The first-order chi connectivity index (χ1) is 12.7. The molecular weight excluding hydrogens is 336 g/mol. The lowest BCUT2D eigenvalue weighted by molar-refractivity contribution is -0.127. The molecule has 2 aliphatic heterocycles. The van der Waals surface area contributed by atoms with E-state index in [9.17, 15) is 9.59 Å². The maximum atomic E-state index is 12.9. The van der Waals surface area contributed by atoms with E-state index in [1.165, 1.54) is 0 Å². The van der Waals surface area contributed by atoms with E-state index in [2.05, 4.69) is 10.4 Å². The van der Waals surface area contributed by atoms with E-state index in [1.54, 1.807) is 4.90 Å². The van der Waals surface area contributed by atoms with Crippen molar-refractivity contribution in [3.63, 3.8) is 0 Å². The van der Waals surface area contributed by atoms with Crippen molar-refractivity contribution in [3.05, 3.63) is 17.0 Å². The summed E-state index contributed by atoms with van der Waals surface area (Å²) in [4.78, 5) is 26.7. The molecular formula is C18H26N4O4. The molecule has 1 N–H and O–H groups in total. The predicted octanol–water partition coefficient (Wildman–Crippen LogP) is 0.345. The first kappa shape index (κ1) is 17.5. The highest BCUT2D eigenvalue weighted by molar-refractivity contribution is 5.94. The molecule has 3 aliphatic rings. The van der Waals surface area contributed by atoms with E-state index < -0.39 is 0 Å². The molecule has 0 unspecified atom stereocenters. The first-order valence-electron chi connectivity index (χ1n) is 9.55. The minimum Gasteiger partial charge on any atom is -0.378 e. The first-order valence-corrected chi connectivity index (χ1v) is 9.55. The van der Waals surface area contributed by atoms with Crippen molar-refractivity contribution in [3.8, 4) is 0 Å². The summed E-state index contributed by atoms with van der Waals surface area (Å²) in [7, 11) is 0. The number of nitrogens with zero attached hydrogens (tertiary/aromatic N) is 3. The summed E-state index contributed by atoms with van der Waals surface area (Å²) in [5.74, 6) is 0.283. The van der Waals surface area contributed by atoms with Gasteiger partial charge in [-0.1, -0.05) is 6.42 Å². The molecule has 4 rings (SSSR count). The Balaban J connectivity index is 1.45. The molecule has 1 aliphatic carbocycles. The number of rotatable bonds is 5. The van der Waals surface area contributed by atoms with Crippen LogP contribution in [0, 0.1) is 5.92 Å². The molecule has 1 aromatic rings. The maximum absolute atomic E-state index is 12.9. The standard InChI is InChI=1S/C18H26N4O4/c23-17(13-2-1-3-13)19-5-6-22-15-4-9-26-12-14(15)16(20-22)18(24)21-7-10-25-11-8-21/h13H,1-12H2,(H,19,23). The number of hydrogen-bond donors (Lipinski definition) is 1. The number of nitrogens with one attached hydrogen (secondary N) is 1. The second-order valence-electron chi connectivity index (χ2n) is 7.12. The molecule has 0 radical (unpaired) electrons. The van der Waals surface area contributed by atoms with E-state index in [-0.39, 0.29) is 17.7 Å². The fourth-order valence-corrected chi connectivity index (χ4v) is 3.68. The summed E-state index contributed by atoms with van der Waals surface area (Å²) in [5.41, 5.74) is 2.45. The molecule has 142 valence electrons. The smallest absolute Gasteiger partial charge is 0.274 e. The maximum Gasteiger partial charge on any atom is 0.274 e. The predicted molar refractivity (Wildman–Crippen MR) is 92.7 cm³/mol. The molecule has 3 heterocycles. The largest absolute Gasteiger partial charge is 0.378 e. The van der Waals surface area contributed by atoms with Gasteiger partial charge in [-0.3, -0.25) is 14.3 Å². The molecule has 8 heteroatoms. The van der Waals surface area contributed by atoms with Crippen LogP contribution in [0.4, 0.5) is 0 Å². The molecule has 1 saturated carbocycles. The molecule has 0 atom stereocenters. The fourth-order valence-electron chi connectivity index (χ4n) is 3.68. The molecule has 2 amide bonds. The summed E-state index contributed by atoms with van der Waals surface area (Å²) in [6.07, 6.45) is 3.89. The Labute approximate surface area is 152 Å². The van der Waals surface area contributed by atoms with Gasteiger partial charge in [-0.25, -0.2) is 0 Å². The monoisotopic (exact) mass is 362 g/mol. The van der Waals surface area contributed by atoms with Crippen LogP contribution in [0.1, 0.15) is 41.0 Å². The minimum atomic E-state index is -0.0488. The van der Waals surface area contributed by atoms with Gasteiger partial charge in [0.15, 0.2) is 5.69 Å². The number of hydrogen-bond acceptors (Lipinski definition) is 5. The third-order valence-corrected chi connectivity index (χ3v) is 5.50. The average Bonchev–Trinajstić information content (AvgIpc) is 2.99. The Morgan fingerprint density at radius 3 is 2.69 bits per heavy atom. The zero-order chi connectivity index (χ0) is 17.9. The average molecular weight is 362 g/mol. The van der Waals surface area contributed by atoms with Crippen LogP contribution in [0.2, 0.25) is 0 Å². The molecule has 0 spiro atoms. The van der Waals surface area contributed by atoms with Crippen LogP contribution in [0.15, 0.2) is 0 Å². The van der Waals surface area contributed by atoms with Crippen molar-refractivity contribution >= 4 is 11.8 Å². The van der Waals surface area contributed by atoms with Crippen molar-refractivity contribution in [1.82, 2.24) is 20.0 Å². The summed E-state index contributed by atoms with van der Waals surface area (Å²) in [6, 6.07) is 0. The molecule has 26 heavy (non-hydrogen) atoms. The topological polar surface area (TPSA) is 85.7 Å². The molecule has 2 fully saturated rings. The van der Waals surface area contributed by atoms with Crippen molar-refractivity contribution in [2.75, 3.05) is 39.5 Å². The van der Waals surface area contributed by atoms with Gasteiger partial charge >= 0.3 is 0 Å². The minimum absolute atomic E-state index is 0.0488. The molecule has 0 bridgehead atoms. The van der Waals surface area contributed by atoms with Gasteiger partial charge in [0.2, 0.25) is 5.91 Å². The lowest BCUT2D eigenvalue weighted by Gasteiger charge is -2.26. The fraction of sp³-hybridized carbons (Fsp3) is 0.722. The number of carbonyl (C=O) groups excluding carboxylic acids is 2. The second kappa shape index (κ2) is 7.75. The van der Waals surface area contributed by atoms with Crippen molar-refractivity contribution < 1.29 is 19.1 Å². The highest BCUT2D eigenvalue weighted by Gasteiger charge is 2.29. The quantitative estimate of drug-likeness (QED) is 0.817. The third-order valence-electron chi connectivity index (χ3n) is 5.50. The molecule has 0 aromatic carbocycles. The van der Waals surface area contributed by atoms with Crippen LogP contribution in [-0.4, -0.2) is 65.9 Å². The number of ether oxygens (including phenoxy) is 2. The number of carbonyl (C=O) groups is 2. The Bertz CT molecular complexity index is 677. The van der Waals surface area contributed by atoms with Gasteiger partial charge < -0.3 is 19.7 Å². The van der Waals surface area contributed by atoms with Crippen molar-refractivity contribution in [2.24, 2.45) is 5.92 Å². The highest BCUT2D eigenvalue weighted by Crippen LogP contribution is 2.26. The molecule has 8 nitrogen and oxygen atoms in total. The summed E-state index contributed by atoms with van der Waals surface area (Å²) >= 11 is 0. The lowest BCUT2D eigenvalue weighted by atomic mass is 9.85. The van der Waals surface area contributed by atoms with Crippen LogP contribution in [0.25, 0.3) is 0 Å². The SMILES string of the molecule is O=C(NCCn1nc(C(=O)N2CCOCC2)c2c1CCOC2)C1CCC1. The molecule has 1 saturated heterocycles. The van der Waals surface area contributed by atoms with E-state index in [4.69, 9.17) is 9.47 Å². The molecule has 1 aromatic heterocycles. The van der Waals surface area contributed by atoms with Crippen LogP contribution in [0.3, 0.4) is 0 Å². The number of amides is 2. The normalized spacial score (nSPS) is 20.4. The Kier molecular flexibility index (Phi) is 5.21. The summed E-state index contributed by atoms with van der Waals surface area (Å²) in [5, 5.41) is 7.59. The zero-order valence-electron chi connectivity index (χ0n) is 15.0. The van der Waals surface area contributed by atoms with Gasteiger partial charge in [0, 0.05) is 43.2 Å². The Morgan fingerprint density at radius 1 is 1.15 bits per heavy atom. The summed E-state index contributed by atoms with van der Waals surface area (Å²) in [6.45, 7) is 4.51. The van der Waals surface area contributed by atoms with Crippen LogP contribution >= 0.6 is 0 Å². The second-order valence-corrected chi connectivity index (χ2v) is 7.12. The van der Waals surface area contributed by atoms with Gasteiger partial charge in [0.1, 0.15) is 0 Å². The van der Waals surface area contributed by atoms with Gasteiger partial charge in [-0.15, -0.1) is 0 Å². The van der Waals surface area contributed by atoms with Crippen molar-refractivity contribution in [2.45, 2.75) is 38.8 Å². The van der Waals surface area contributed by atoms with Gasteiger partial charge in [-0.05, 0) is 12.8 Å².